The van der Waals surface area contributed by atoms with Crippen LogP contribution in [0.2, 0.25) is 0 Å². The molecule has 2 aromatic heterocycles. The van der Waals surface area contributed by atoms with E-state index in [-0.39, 0.29) is 30.9 Å². The summed E-state index contributed by atoms with van der Waals surface area (Å²) in [6.45, 7) is 3.85. The summed E-state index contributed by atoms with van der Waals surface area (Å²) in [5.74, 6) is 0.244. The van der Waals surface area contributed by atoms with E-state index in [9.17, 15) is 9.59 Å². The van der Waals surface area contributed by atoms with Gasteiger partial charge in [-0.1, -0.05) is 6.07 Å². The molecule has 28 heavy (non-hydrogen) atoms. The number of imidazole rings is 1. The van der Waals surface area contributed by atoms with Crippen molar-refractivity contribution in [3.63, 3.8) is 0 Å². The molecule has 2 heterocycles. The van der Waals surface area contributed by atoms with Crippen molar-refractivity contribution in [1.82, 2.24) is 14.7 Å². The second kappa shape index (κ2) is 9.41. The van der Waals surface area contributed by atoms with E-state index in [4.69, 9.17) is 4.74 Å². The van der Waals surface area contributed by atoms with Crippen LogP contribution in [-0.2, 0) is 15.3 Å². The van der Waals surface area contributed by atoms with Gasteiger partial charge in [0.25, 0.3) is 5.91 Å². The fraction of sp³-hybridized carbons (Fsp3) is 0.286. The molecule has 0 unspecified atom stereocenters. The van der Waals surface area contributed by atoms with Gasteiger partial charge >= 0.3 is 5.97 Å². The molecule has 146 valence electrons. The number of amides is 1. The molecule has 1 N–H and O–H groups in total. The number of hydrogen-bond donors (Lipinski definition) is 1. The van der Waals surface area contributed by atoms with Crippen LogP contribution in [0.25, 0.3) is 5.65 Å². The van der Waals surface area contributed by atoms with Gasteiger partial charge in [0.2, 0.25) is 0 Å². The Kier molecular flexibility index (Phi) is 6.71. The third kappa shape index (κ3) is 5.60. The van der Waals surface area contributed by atoms with Crippen LogP contribution in [0.5, 0.6) is 0 Å². The zero-order chi connectivity index (χ0) is 19.9. The van der Waals surface area contributed by atoms with Crippen LogP contribution >= 0.6 is 11.8 Å². The molecule has 0 saturated heterocycles. The molecule has 0 aliphatic heterocycles. The van der Waals surface area contributed by atoms with Gasteiger partial charge in [0.05, 0.1) is 18.2 Å². The highest BCUT2D eigenvalue weighted by atomic mass is 32.2. The number of ether oxygens (including phenoxy) is 1. The number of nitrogens with one attached hydrogen (secondary N) is 1. The van der Waals surface area contributed by atoms with Gasteiger partial charge in [-0.25, -0.2) is 4.98 Å². The van der Waals surface area contributed by atoms with Crippen molar-refractivity contribution in [2.45, 2.75) is 37.0 Å². The predicted octanol–water partition coefficient (Wildman–Crippen LogP) is 3.70. The van der Waals surface area contributed by atoms with Crippen LogP contribution in [0.3, 0.4) is 0 Å². The summed E-state index contributed by atoms with van der Waals surface area (Å²) in [6, 6.07) is 13.3. The average Bonchev–Trinajstić information content (AvgIpc) is 3.09. The molecular weight excluding hydrogens is 374 g/mol. The Bertz CT molecular complexity index is 918. The SMILES string of the molecule is CC(C)OC(=O)CCNC(=O)c1ccc(SCc2cn3ccccc3n2)cc1. The first-order chi connectivity index (χ1) is 13.5. The Morgan fingerprint density at radius 3 is 2.68 bits per heavy atom. The average molecular weight is 398 g/mol. The molecule has 0 atom stereocenters. The lowest BCUT2D eigenvalue weighted by atomic mass is 10.2. The van der Waals surface area contributed by atoms with E-state index in [0.717, 1.165) is 22.0 Å². The highest BCUT2D eigenvalue weighted by Gasteiger charge is 2.09. The Morgan fingerprint density at radius 1 is 1.18 bits per heavy atom. The number of hydrogen-bond acceptors (Lipinski definition) is 5. The molecule has 3 rings (SSSR count). The molecule has 1 amide bonds. The maximum Gasteiger partial charge on any atom is 0.307 e. The summed E-state index contributed by atoms with van der Waals surface area (Å²) in [5, 5.41) is 2.74. The molecule has 0 fully saturated rings. The molecule has 0 spiro atoms. The number of carbonyl (C=O) groups excluding carboxylic acids is 2. The Balaban J connectivity index is 1.47. The van der Waals surface area contributed by atoms with Gasteiger partial charge in [-0.05, 0) is 50.2 Å². The van der Waals surface area contributed by atoms with Gasteiger partial charge in [-0.3, -0.25) is 9.59 Å². The fourth-order valence-corrected chi connectivity index (χ4v) is 3.40. The van der Waals surface area contributed by atoms with Crippen molar-refractivity contribution in [1.29, 1.82) is 0 Å². The van der Waals surface area contributed by atoms with Crippen molar-refractivity contribution in [2.75, 3.05) is 6.54 Å². The molecule has 6 nitrogen and oxygen atoms in total. The molecule has 3 aromatic rings. The summed E-state index contributed by atoms with van der Waals surface area (Å²) in [5.41, 5.74) is 2.50. The predicted molar refractivity (Wildman–Crippen MR) is 109 cm³/mol. The van der Waals surface area contributed by atoms with Gasteiger partial charge in [0, 0.05) is 35.2 Å². The van der Waals surface area contributed by atoms with E-state index in [2.05, 4.69) is 10.3 Å². The summed E-state index contributed by atoms with van der Waals surface area (Å²) in [7, 11) is 0. The van der Waals surface area contributed by atoms with E-state index < -0.39 is 0 Å². The number of fused-ring (bicyclic) bond motifs is 1. The van der Waals surface area contributed by atoms with Crippen LogP contribution in [0.4, 0.5) is 0 Å². The lowest BCUT2D eigenvalue weighted by molar-refractivity contribution is -0.147. The van der Waals surface area contributed by atoms with Crippen molar-refractivity contribution in [3.05, 3.63) is 66.1 Å². The Morgan fingerprint density at radius 2 is 1.96 bits per heavy atom. The molecule has 1 aromatic carbocycles. The number of benzene rings is 1. The maximum atomic E-state index is 12.2. The van der Waals surface area contributed by atoms with Crippen LogP contribution in [0, 0.1) is 0 Å². The van der Waals surface area contributed by atoms with Crippen molar-refractivity contribution >= 4 is 29.3 Å². The highest BCUT2D eigenvalue weighted by Crippen LogP contribution is 2.23. The Hall–Kier alpha value is -2.80. The zero-order valence-corrected chi connectivity index (χ0v) is 16.7. The number of rotatable bonds is 8. The van der Waals surface area contributed by atoms with E-state index in [1.165, 1.54) is 0 Å². The number of pyridine rings is 1. The molecule has 7 heteroatoms. The lowest BCUT2D eigenvalue weighted by Crippen LogP contribution is -2.27. The second-order valence-corrected chi connectivity index (χ2v) is 7.60. The van der Waals surface area contributed by atoms with Gasteiger partial charge < -0.3 is 14.5 Å². The van der Waals surface area contributed by atoms with Crippen LogP contribution in [0.1, 0.15) is 36.3 Å². The van der Waals surface area contributed by atoms with Crippen molar-refractivity contribution in [2.24, 2.45) is 0 Å². The normalized spacial score (nSPS) is 11.0. The van der Waals surface area contributed by atoms with E-state index in [1.807, 2.05) is 47.1 Å². The number of thioether (sulfide) groups is 1. The third-order valence-electron chi connectivity index (χ3n) is 3.90. The highest BCUT2D eigenvalue weighted by molar-refractivity contribution is 7.98. The minimum atomic E-state index is -0.311. The molecule has 0 saturated carbocycles. The van der Waals surface area contributed by atoms with E-state index in [1.54, 1.807) is 37.7 Å². The molecule has 0 aliphatic carbocycles. The molecule has 0 aliphatic rings. The summed E-state index contributed by atoms with van der Waals surface area (Å²) in [6.07, 6.45) is 4.02. The minimum Gasteiger partial charge on any atom is -0.463 e. The summed E-state index contributed by atoms with van der Waals surface area (Å²) in [4.78, 5) is 29.3. The van der Waals surface area contributed by atoms with E-state index in [0.29, 0.717) is 5.56 Å². The first-order valence-corrected chi connectivity index (χ1v) is 10.1. The smallest absolute Gasteiger partial charge is 0.307 e. The fourth-order valence-electron chi connectivity index (χ4n) is 2.62. The van der Waals surface area contributed by atoms with E-state index >= 15 is 0 Å². The van der Waals surface area contributed by atoms with Crippen LogP contribution in [-0.4, -0.2) is 33.9 Å². The first kappa shape index (κ1) is 19.9. The van der Waals surface area contributed by atoms with Crippen LogP contribution in [0.15, 0.2) is 59.8 Å². The number of carbonyl (C=O) groups is 2. The van der Waals surface area contributed by atoms with Gasteiger partial charge in [0.1, 0.15) is 5.65 Å². The largest absolute Gasteiger partial charge is 0.463 e. The second-order valence-electron chi connectivity index (χ2n) is 6.56. The monoisotopic (exact) mass is 397 g/mol. The van der Waals surface area contributed by atoms with Gasteiger partial charge in [-0.15, -0.1) is 11.8 Å². The summed E-state index contributed by atoms with van der Waals surface area (Å²) < 4.78 is 7.04. The maximum absolute atomic E-state index is 12.2. The van der Waals surface area contributed by atoms with Crippen LogP contribution < -0.4 is 5.32 Å². The Labute approximate surface area is 168 Å². The number of esters is 1. The standard InChI is InChI=1S/C21H23N3O3S/c1-15(2)27-20(25)10-11-22-21(26)16-6-8-18(9-7-16)28-14-17-13-24-12-4-3-5-19(24)23-17/h3-9,12-13,15H,10-11,14H2,1-2H3,(H,22,26). The molecule has 0 radical (unpaired) electrons. The molecular formula is C21H23N3O3S. The minimum absolute atomic E-state index is 0.145. The third-order valence-corrected chi connectivity index (χ3v) is 4.94. The quantitative estimate of drug-likeness (QED) is 0.463. The topological polar surface area (TPSA) is 72.7 Å². The molecule has 0 bridgehead atoms. The lowest BCUT2D eigenvalue weighted by Gasteiger charge is -2.09. The zero-order valence-electron chi connectivity index (χ0n) is 15.9. The number of nitrogens with zero attached hydrogens (tertiary/aromatic N) is 2. The van der Waals surface area contributed by atoms with Crippen molar-refractivity contribution in [3.8, 4) is 0 Å². The van der Waals surface area contributed by atoms with Gasteiger partial charge in [0.15, 0.2) is 0 Å². The van der Waals surface area contributed by atoms with Gasteiger partial charge in [-0.2, -0.15) is 0 Å². The van der Waals surface area contributed by atoms with Crippen molar-refractivity contribution < 1.29 is 14.3 Å². The first-order valence-electron chi connectivity index (χ1n) is 9.14. The number of aromatic nitrogens is 2. The summed E-state index contributed by atoms with van der Waals surface area (Å²) >= 11 is 1.67.